The molecule has 2 aliphatic heterocycles. The average Bonchev–Trinajstić information content (AvgIpc) is 3.14. The van der Waals surface area contributed by atoms with E-state index in [0.29, 0.717) is 39.5 Å². The number of H-pyrrole nitrogens is 1. The highest BCUT2D eigenvalue weighted by Gasteiger charge is 2.53. The highest BCUT2D eigenvalue weighted by molar-refractivity contribution is 6.58. The molecule has 0 bridgehead atoms. The maximum Gasteiger partial charge on any atom is 0.261 e. The second-order valence-corrected chi connectivity index (χ2v) is 8.75. The van der Waals surface area contributed by atoms with E-state index in [2.05, 4.69) is 25.8 Å². The van der Waals surface area contributed by atoms with Gasteiger partial charge in [0.2, 0.25) is 0 Å². The van der Waals surface area contributed by atoms with E-state index in [1.165, 1.54) is 0 Å². The summed E-state index contributed by atoms with van der Waals surface area (Å²) in [6, 6.07) is 13.0. The molecule has 3 aromatic rings. The summed E-state index contributed by atoms with van der Waals surface area (Å²) in [5.74, 6) is 0.832. The Hall–Kier alpha value is -3.36. The lowest BCUT2D eigenvalue weighted by molar-refractivity contribution is -0.125. The number of para-hydroxylation sites is 1. The summed E-state index contributed by atoms with van der Waals surface area (Å²) in [6.07, 6.45) is 0. The molecule has 1 unspecified atom stereocenters. The standard InChI is InChI=1S/C23H20ClN5O3/c24-11-5-6-17-13(7-11)19(23(31)27-17)22-21(12-3-1-2-4-16(12)26-22)29-32-10-18(30)28-20-14-8-25-9-15(14)20/h1-7,14-15,20,25,27,31H,8-10H2,(H,28,30)/t14-,15+,20?. The normalized spacial score (nSPS) is 24.3. The molecule has 3 heterocycles. The van der Waals surface area contributed by atoms with Crippen LogP contribution in [0.3, 0.4) is 0 Å². The van der Waals surface area contributed by atoms with Gasteiger partial charge in [-0.3, -0.25) is 4.79 Å². The number of fused-ring (bicyclic) bond motifs is 3. The number of piperidine rings is 1. The second-order valence-electron chi connectivity index (χ2n) is 8.31. The number of carbonyl (C=O) groups is 1. The molecule has 0 radical (unpaired) electrons. The summed E-state index contributed by atoms with van der Waals surface area (Å²) in [4.78, 5) is 25.4. The van der Waals surface area contributed by atoms with Crippen molar-refractivity contribution in [1.82, 2.24) is 15.6 Å². The van der Waals surface area contributed by atoms with Crippen molar-refractivity contribution in [2.75, 3.05) is 19.7 Å². The Morgan fingerprint density at radius 1 is 1.25 bits per heavy atom. The smallest absolute Gasteiger partial charge is 0.261 e. The van der Waals surface area contributed by atoms with Crippen molar-refractivity contribution >= 4 is 45.5 Å². The molecule has 2 fully saturated rings. The number of nitrogens with zero attached hydrogens (tertiary/aromatic N) is 2. The first-order chi connectivity index (χ1) is 15.6. The van der Waals surface area contributed by atoms with Gasteiger partial charge in [0.05, 0.1) is 11.3 Å². The van der Waals surface area contributed by atoms with Crippen molar-refractivity contribution in [3.05, 3.63) is 58.6 Å². The quantitative estimate of drug-likeness (QED) is 0.449. The van der Waals surface area contributed by atoms with Crippen LogP contribution in [0.4, 0.5) is 5.69 Å². The number of oxime groups is 1. The Labute approximate surface area is 188 Å². The number of nitrogens with one attached hydrogen (secondary N) is 3. The molecule has 2 aromatic carbocycles. The van der Waals surface area contributed by atoms with Gasteiger partial charge in [0.15, 0.2) is 12.5 Å². The molecular weight excluding hydrogens is 430 g/mol. The van der Waals surface area contributed by atoms with Crippen LogP contribution in [0, 0.1) is 11.8 Å². The van der Waals surface area contributed by atoms with Crippen molar-refractivity contribution in [2.45, 2.75) is 6.04 Å². The Morgan fingerprint density at radius 3 is 2.91 bits per heavy atom. The topological polar surface area (TPSA) is 111 Å². The van der Waals surface area contributed by atoms with Crippen LogP contribution in [-0.4, -0.2) is 53.2 Å². The number of hydrogen-bond donors (Lipinski definition) is 4. The van der Waals surface area contributed by atoms with Crippen LogP contribution >= 0.6 is 11.6 Å². The lowest BCUT2D eigenvalue weighted by Crippen LogP contribution is -2.34. The number of benzene rings is 2. The van der Waals surface area contributed by atoms with Crippen molar-refractivity contribution in [3.63, 3.8) is 0 Å². The van der Waals surface area contributed by atoms with Gasteiger partial charge in [0.1, 0.15) is 11.4 Å². The van der Waals surface area contributed by atoms with Crippen molar-refractivity contribution < 1.29 is 14.7 Å². The molecule has 162 valence electrons. The Bertz CT molecular complexity index is 1300. The molecule has 1 aromatic heterocycles. The number of amides is 1. The molecule has 1 saturated heterocycles. The molecule has 4 N–H and O–H groups in total. The van der Waals surface area contributed by atoms with Gasteiger partial charge in [0.25, 0.3) is 5.91 Å². The molecule has 8 nitrogen and oxygen atoms in total. The van der Waals surface area contributed by atoms with Gasteiger partial charge in [0, 0.05) is 40.6 Å². The Kier molecular flexibility index (Phi) is 4.44. The van der Waals surface area contributed by atoms with Gasteiger partial charge in [-0.25, -0.2) is 4.99 Å². The summed E-state index contributed by atoms with van der Waals surface area (Å²) < 4.78 is 0. The molecule has 1 saturated carbocycles. The van der Waals surface area contributed by atoms with Crippen LogP contribution in [0.1, 0.15) is 11.1 Å². The SMILES string of the molecule is O=C(CON=C1C(c2c(O)[nH]c3ccc(Cl)cc23)=Nc2ccccc21)NC1[C@H]2CNC[C@@H]12. The maximum absolute atomic E-state index is 12.3. The van der Waals surface area contributed by atoms with Crippen LogP contribution in [0.2, 0.25) is 5.02 Å². The third-order valence-electron chi connectivity index (χ3n) is 6.36. The molecule has 1 amide bonds. The predicted molar refractivity (Wildman–Crippen MR) is 122 cm³/mol. The van der Waals surface area contributed by atoms with Gasteiger partial charge in [-0.2, -0.15) is 0 Å². The zero-order valence-electron chi connectivity index (χ0n) is 16.9. The molecule has 6 rings (SSSR count). The Morgan fingerprint density at radius 2 is 2.06 bits per heavy atom. The summed E-state index contributed by atoms with van der Waals surface area (Å²) in [7, 11) is 0. The lowest BCUT2D eigenvalue weighted by Gasteiger charge is -2.08. The van der Waals surface area contributed by atoms with E-state index in [1.807, 2.05) is 24.3 Å². The van der Waals surface area contributed by atoms with Crippen molar-refractivity contribution in [2.24, 2.45) is 22.0 Å². The molecule has 1 aliphatic carbocycles. The first-order valence-electron chi connectivity index (χ1n) is 10.5. The highest BCUT2D eigenvalue weighted by Crippen LogP contribution is 2.41. The van der Waals surface area contributed by atoms with E-state index in [-0.39, 0.29) is 24.4 Å². The number of aromatic nitrogens is 1. The van der Waals surface area contributed by atoms with E-state index in [4.69, 9.17) is 16.4 Å². The minimum absolute atomic E-state index is 0.0341. The summed E-state index contributed by atoms with van der Waals surface area (Å²) >= 11 is 6.19. The number of aromatic hydroxyl groups is 1. The van der Waals surface area contributed by atoms with Gasteiger partial charge in [-0.15, -0.1) is 0 Å². The first-order valence-corrected chi connectivity index (χ1v) is 10.9. The largest absolute Gasteiger partial charge is 0.494 e. The molecule has 3 atom stereocenters. The van der Waals surface area contributed by atoms with E-state index in [1.54, 1.807) is 18.2 Å². The summed E-state index contributed by atoms with van der Waals surface area (Å²) in [6.45, 7) is 1.72. The van der Waals surface area contributed by atoms with E-state index < -0.39 is 0 Å². The van der Waals surface area contributed by atoms with Crippen LogP contribution < -0.4 is 10.6 Å². The highest BCUT2D eigenvalue weighted by atomic mass is 35.5. The number of halogens is 1. The Balaban J connectivity index is 1.28. The van der Waals surface area contributed by atoms with Gasteiger partial charge in [-0.05, 0) is 36.1 Å². The molecule has 3 aliphatic rings. The predicted octanol–water partition coefficient (Wildman–Crippen LogP) is 2.72. The molecule has 0 spiro atoms. The van der Waals surface area contributed by atoms with Crippen LogP contribution in [0.25, 0.3) is 10.9 Å². The minimum Gasteiger partial charge on any atom is -0.494 e. The zero-order chi connectivity index (χ0) is 21.8. The first kappa shape index (κ1) is 19.3. The fourth-order valence-corrected chi connectivity index (χ4v) is 4.92. The van der Waals surface area contributed by atoms with E-state index in [9.17, 15) is 9.90 Å². The summed E-state index contributed by atoms with van der Waals surface area (Å²) in [5.41, 5.74) is 3.61. The fraction of sp³-hybridized carbons (Fsp3) is 0.261. The third kappa shape index (κ3) is 3.14. The third-order valence-corrected chi connectivity index (χ3v) is 6.60. The number of aromatic amines is 1. The number of rotatable bonds is 5. The van der Waals surface area contributed by atoms with Crippen LogP contribution in [0.15, 0.2) is 52.6 Å². The average molecular weight is 450 g/mol. The number of carbonyl (C=O) groups excluding carboxylic acids is 1. The maximum atomic E-state index is 12.3. The van der Waals surface area contributed by atoms with Crippen LogP contribution in [-0.2, 0) is 9.63 Å². The molecular formula is C23H20ClN5O3. The van der Waals surface area contributed by atoms with Crippen LogP contribution in [0.5, 0.6) is 5.88 Å². The van der Waals surface area contributed by atoms with Gasteiger partial charge >= 0.3 is 0 Å². The molecule has 32 heavy (non-hydrogen) atoms. The van der Waals surface area contributed by atoms with Gasteiger partial charge < -0.3 is 25.6 Å². The zero-order valence-corrected chi connectivity index (χ0v) is 17.7. The number of hydrogen-bond acceptors (Lipinski definition) is 6. The number of aliphatic imine (C=N–C) groups is 1. The molecule has 9 heteroatoms. The van der Waals surface area contributed by atoms with Crippen molar-refractivity contribution in [1.29, 1.82) is 0 Å². The van der Waals surface area contributed by atoms with E-state index >= 15 is 0 Å². The minimum atomic E-state index is -0.194. The summed E-state index contributed by atoms with van der Waals surface area (Å²) in [5, 5.41) is 22.5. The van der Waals surface area contributed by atoms with Gasteiger partial charge in [-0.1, -0.05) is 35.0 Å². The van der Waals surface area contributed by atoms with E-state index in [0.717, 1.165) is 29.6 Å². The lowest BCUT2D eigenvalue weighted by atomic mass is 10.0. The second kappa shape index (κ2) is 7.36. The fourth-order valence-electron chi connectivity index (χ4n) is 4.74. The van der Waals surface area contributed by atoms with Crippen molar-refractivity contribution in [3.8, 4) is 5.88 Å². The monoisotopic (exact) mass is 449 g/mol.